The molecule has 0 spiro atoms. The fourth-order valence-corrected chi connectivity index (χ4v) is 2.37. The zero-order valence-electron chi connectivity index (χ0n) is 10.5. The number of rotatable bonds is 3. The minimum atomic E-state index is -0.374. The van der Waals surface area contributed by atoms with Gasteiger partial charge in [-0.2, -0.15) is 0 Å². The molecule has 1 aromatic heterocycles. The predicted molar refractivity (Wildman–Crippen MR) is 80.2 cm³/mol. The Bertz CT molecular complexity index is 755. The van der Waals surface area contributed by atoms with Gasteiger partial charge in [0.15, 0.2) is 11.6 Å². The summed E-state index contributed by atoms with van der Waals surface area (Å²) in [5, 5.41) is 1.04. The van der Waals surface area contributed by atoms with Crippen LogP contribution in [0.3, 0.4) is 0 Å². The number of halogens is 2. The van der Waals surface area contributed by atoms with Crippen molar-refractivity contribution in [3.63, 3.8) is 0 Å². The van der Waals surface area contributed by atoms with Crippen molar-refractivity contribution in [1.29, 1.82) is 0 Å². The summed E-state index contributed by atoms with van der Waals surface area (Å²) in [4.78, 5) is 4.35. The Hall–Kier alpha value is -1.94. The summed E-state index contributed by atoms with van der Waals surface area (Å²) in [6, 6.07) is 14.4. The van der Waals surface area contributed by atoms with Gasteiger partial charge >= 0.3 is 0 Å². The fourth-order valence-electron chi connectivity index (χ4n) is 2.03. The standard InChI is InChI=1S/C16H11BrFNO/c17-13-6-7-14(18)15(9-13)20-10-12-4-1-3-11-5-2-8-19-16(11)12/h1-9H,10H2. The maximum atomic E-state index is 13.6. The van der Waals surface area contributed by atoms with E-state index < -0.39 is 0 Å². The van der Waals surface area contributed by atoms with Gasteiger partial charge in [0, 0.05) is 21.6 Å². The summed E-state index contributed by atoms with van der Waals surface area (Å²) in [6.45, 7) is 0.279. The third-order valence-corrected chi connectivity index (χ3v) is 3.49. The van der Waals surface area contributed by atoms with Crippen LogP contribution in [0.25, 0.3) is 10.9 Å². The van der Waals surface area contributed by atoms with Crippen molar-refractivity contribution in [3.8, 4) is 5.75 Å². The normalized spacial score (nSPS) is 10.7. The summed E-state index contributed by atoms with van der Waals surface area (Å²) in [5.41, 5.74) is 1.81. The maximum Gasteiger partial charge on any atom is 0.165 e. The lowest BCUT2D eigenvalue weighted by Gasteiger charge is -2.09. The number of pyridine rings is 1. The molecule has 3 aromatic rings. The molecule has 0 aliphatic rings. The molecule has 2 nitrogen and oxygen atoms in total. The Kier molecular flexibility index (Phi) is 3.65. The first-order valence-electron chi connectivity index (χ1n) is 6.14. The van der Waals surface area contributed by atoms with E-state index in [2.05, 4.69) is 20.9 Å². The molecule has 0 N–H and O–H groups in total. The third kappa shape index (κ3) is 2.65. The molecule has 0 fully saturated rings. The molecular formula is C16H11BrFNO. The van der Waals surface area contributed by atoms with E-state index >= 15 is 0 Å². The average molecular weight is 332 g/mol. The molecule has 0 unspecified atom stereocenters. The van der Waals surface area contributed by atoms with Gasteiger partial charge in [-0.3, -0.25) is 4.98 Å². The van der Waals surface area contributed by atoms with Crippen LogP contribution in [0.2, 0.25) is 0 Å². The van der Waals surface area contributed by atoms with Crippen LogP contribution in [-0.4, -0.2) is 4.98 Å². The van der Waals surface area contributed by atoms with Crippen LogP contribution < -0.4 is 4.74 Å². The minimum Gasteiger partial charge on any atom is -0.486 e. The summed E-state index contributed by atoms with van der Waals surface area (Å²) in [7, 11) is 0. The van der Waals surface area contributed by atoms with Gasteiger partial charge in [-0.15, -0.1) is 0 Å². The molecular weight excluding hydrogens is 321 g/mol. The highest BCUT2D eigenvalue weighted by molar-refractivity contribution is 9.10. The Morgan fingerprint density at radius 1 is 1.10 bits per heavy atom. The first-order valence-corrected chi connectivity index (χ1v) is 6.94. The predicted octanol–water partition coefficient (Wildman–Crippen LogP) is 4.72. The van der Waals surface area contributed by atoms with Crippen LogP contribution in [-0.2, 0) is 6.61 Å². The van der Waals surface area contributed by atoms with E-state index in [1.54, 1.807) is 18.3 Å². The second-order valence-corrected chi connectivity index (χ2v) is 5.27. The second kappa shape index (κ2) is 5.59. The van der Waals surface area contributed by atoms with Crippen molar-refractivity contribution < 1.29 is 9.13 Å². The van der Waals surface area contributed by atoms with E-state index in [4.69, 9.17) is 4.74 Å². The number of hydrogen-bond acceptors (Lipinski definition) is 2. The number of aromatic nitrogens is 1. The molecule has 0 saturated heterocycles. The summed E-state index contributed by atoms with van der Waals surface area (Å²) < 4.78 is 20.0. The van der Waals surface area contributed by atoms with Gasteiger partial charge in [-0.05, 0) is 24.3 Å². The number of para-hydroxylation sites is 1. The second-order valence-electron chi connectivity index (χ2n) is 4.36. The first kappa shape index (κ1) is 13.1. The largest absolute Gasteiger partial charge is 0.486 e. The monoisotopic (exact) mass is 331 g/mol. The van der Waals surface area contributed by atoms with E-state index in [1.807, 2.05) is 30.3 Å². The molecule has 20 heavy (non-hydrogen) atoms. The molecule has 0 radical (unpaired) electrons. The van der Waals surface area contributed by atoms with Crippen molar-refractivity contribution >= 4 is 26.8 Å². The Morgan fingerprint density at radius 3 is 2.85 bits per heavy atom. The number of nitrogens with zero attached hydrogens (tertiary/aromatic N) is 1. The van der Waals surface area contributed by atoms with Gasteiger partial charge in [0.25, 0.3) is 0 Å². The smallest absolute Gasteiger partial charge is 0.165 e. The highest BCUT2D eigenvalue weighted by Gasteiger charge is 2.06. The lowest BCUT2D eigenvalue weighted by atomic mass is 10.1. The van der Waals surface area contributed by atoms with Gasteiger partial charge in [0.2, 0.25) is 0 Å². The lowest BCUT2D eigenvalue weighted by molar-refractivity contribution is 0.291. The van der Waals surface area contributed by atoms with Crippen LogP contribution in [0, 0.1) is 5.82 Å². The number of fused-ring (bicyclic) bond motifs is 1. The van der Waals surface area contributed by atoms with Gasteiger partial charge in [0.05, 0.1) is 5.52 Å². The highest BCUT2D eigenvalue weighted by Crippen LogP contribution is 2.24. The average Bonchev–Trinajstić information content (AvgIpc) is 2.48. The minimum absolute atomic E-state index is 0.229. The van der Waals surface area contributed by atoms with Crippen LogP contribution in [0.15, 0.2) is 59.2 Å². The first-order chi connectivity index (χ1) is 9.74. The van der Waals surface area contributed by atoms with Gasteiger partial charge in [0.1, 0.15) is 6.61 Å². The van der Waals surface area contributed by atoms with Crippen molar-refractivity contribution in [1.82, 2.24) is 4.98 Å². The molecule has 2 aromatic carbocycles. The van der Waals surface area contributed by atoms with Crippen LogP contribution in [0.5, 0.6) is 5.75 Å². The van der Waals surface area contributed by atoms with Crippen molar-refractivity contribution in [2.75, 3.05) is 0 Å². The molecule has 0 aliphatic heterocycles. The van der Waals surface area contributed by atoms with Crippen LogP contribution in [0.4, 0.5) is 4.39 Å². The molecule has 100 valence electrons. The topological polar surface area (TPSA) is 22.1 Å². The lowest BCUT2D eigenvalue weighted by Crippen LogP contribution is -1.99. The van der Waals surface area contributed by atoms with Gasteiger partial charge in [-0.1, -0.05) is 40.2 Å². The summed E-state index contributed by atoms with van der Waals surface area (Å²) in [5.74, 6) is -0.145. The SMILES string of the molecule is Fc1ccc(Br)cc1OCc1cccc2cccnc12. The Morgan fingerprint density at radius 2 is 1.95 bits per heavy atom. The Labute approximate surface area is 124 Å². The van der Waals surface area contributed by atoms with E-state index in [0.717, 1.165) is 20.9 Å². The molecule has 0 atom stereocenters. The summed E-state index contributed by atoms with van der Waals surface area (Å²) >= 11 is 3.30. The van der Waals surface area contributed by atoms with E-state index in [-0.39, 0.29) is 18.2 Å². The molecule has 4 heteroatoms. The molecule has 0 saturated carbocycles. The van der Waals surface area contributed by atoms with E-state index in [1.165, 1.54) is 6.07 Å². The Balaban J connectivity index is 1.89. The zero-order chi connectivity index (χ0) is 13.9. The van der Waals surface area contributed by atoms with Gasteiger partial charge in [-0.25, -0.2) is 4.39 Å². The molecule has 3 rings (SSSR count). The number of hydrogen-bond donors (Lipinski definition) is 0. The van der Waals surface area contributed by atoms with E-state index in [0.29, 0.717) is 0 Å². The number of ether oxygens (including phenoxy) is 1. The quantitative estimate of drug-likeness (QED) is 0.693. The zero-order valence-corrected chi connectivity index (χ0v) is 12.1. The van der Waals surface area contributed by atoms with Gasteiger partial charge < -0.3 is 4.74 Å². The van der Waals surface area contributed by atoms with Crippen LogP contribution in [0.1, 0.15) is 5.56 Å². The molecule has 0 aliphatic carbocycles. The van der Waals surface area contributed by atoms with Crippen molar-refractivity contribution in [2.45, 2.75) is 6.61 Å². The summed E-state index contributed by atoms with van der Waals surface area (Å²) in [6.07, 6.45) is 1.74. The van der Waals surface area contributed by atoms with Crippen molar-refractivity contribution in [2.24, 2.45) is 0 Å². The van der Waals surface area contributed by atoms with E-state index in [9.17, 15) is 4.39 Å². The highest BCUT2D eigenvalue weighted by atomic mass is 79.9. The van der Waals surface area contributed by atoms with Crippen molar-refractivity contribution in [3.05, 3.63) is 70.6 Å². The fraction of sp³-hybridized carbons (Fsp3) is 0.0625. The molecule has 1 heterocycles. The third-order valence-electron chi connectivity index (χ3n) is 2.99. The van der Waals surface area contributed by atoms with Crippen LogP contribution >= 0.6 is 15.9 Å². The number of benzene rings is 2. The maximum absolute atomic E-state index is 13.6. The molecule has 0 amide bonds. The molecule has 0 bridgehead atoms.